The zero-order valence-electron chi connectivity index (χ0n) is 10.5. The Morgan fingerprint density at radius 2 is 1.90 bits per heavy atom. The van der Waals surface area contributed by atoms with E-state index in [-0.39, 0.29) is 5.91 Å². The molecule has 0 aliphatic carbocycles. The molecule has 6 nitrogen and oxygen atoms in total. The SMILES string of the molecule is O=C(Nc1cccc(-n2cnnn2)c1)c1ccccc1. The van der Waals surface area contributed by atoms with Gasteiger partial charge >= 0.3 is 0 Å². The average molecular weight is 265 g/mol. The van der Waals surface area contributed by atoms with Gasteiger partial charge in [0.25, 0.3) is 5.91 Å². The summed E-state index contributed by atoms with van der Waals surface area (Å²) in [6, 6.07) is 16.4. The van der Waals surface area contributed by atoms with E-state index in [0.717, 1.165) is 5.69 Å². The molecule has 1 aromatic heterocycles. The van der Waals surface area contributed by atoms with Crippen molar-refractivity contribution in [3.63, 3.8) is 0 Å². The molecule has 0 radical (unpaired) electrons. The van der Waals surface area contributed by atoms with Crippen molar-refractivity contribution in [1.82, 2.24) is 20.2 Å². The number of amides is 1. The fraction of sp³-hybridized carbons (Fsp3) is 0. The van der Waals surface area contributed by atoms with Gasteiger partial charge < -0.3 is 5.32 Å². The summed E-state index contributed by atoms with van der Waals surface area (Å²) in [6.45, 7) is 0. The first-order chi connectivity index (χ1) is 9.83. The number of anilines is 1. The van der Waals surface area contributed by atoms with Crippen LogP contribution in [0.2, 0.25) is 0 Å². The van der Waals surface area contributed by atoms with Gasteiger partial charge in [-0.15, -0.1) is 5.10 Å². The third kappa shape index (κ3) is 2.54. The summed E-state index contributed by atoms with van der Waals surface area (Å²) in [5, 5.41) is 13.8. The van der Waals surface area contributed by atoms with Crippen molar-refractivity contribution < 1.29 is 4.79 Å². The molecule has 3 aromatic rings. The van der Waals surface area contributed by atoms with Gasteiger partial charge in [-0.3, -0.25) is 4.79 Å². The molecular formula is C14H11N5O. The molecule has 1 heterocycles. The van der Waals surface area contributed by atoms with Crippen LogP contribution < -0.4 is 5.32 Å². The predicted molar refractivity (Wildman–Crippen MR) is 73.5 cm³/mol. The van der Waals surface area contributed by atoms with E-state index in [4.69, 9.17) is 0 Å². The zero-order chi connectivity index (χ0) is 13.8. The Morgan fingerprint density at radius 1 is 1.05 bits per heavy atom. The molecule has 0 spiro atoms. The molecule has 6 heteroatoms. The van der Waals surface area contributed by atoms with Gasteiger partial charge in [0, 0.05) is 11.3 Å². The lowest BCUT2D eigenvalue weighted by atomic mass is 10.2. The van der Waals surface area contributed by atoms with Crippen molar-refractivity contribution >= 4 is 11.6 Å². The molecule has 0 aliphatic heterocycles. The van der Waals surface area contributed by atoms with Crippen LogP contribution in [0.3, 0.4) is 0 Å². The zero-order valence-corrected chi connectivity index (χ0v) is 10.5. The van der Waals surface area contributed by atoms with Gasteiger partial charge in [-0.1, -0.05) is 24.3 Å². The lowest BCUT2D eigenvalue weighted by molar-refractivity contribution is 0.102. The molecule has 0 fully saturated rings. The number of aromatic nitrogens is 4. The molecule has 0 unspecified atom stereocenters. The summed E-state index contributed by atoms with van der Waals surface area (Å²) in [6.07, 6.45) is 1.50. The summed E-state index contributed by atoms with van der Waals surface area (Å²) < 4.78 is 1.53. The van der Waals surface area contributed by atoms with Gasteiger partial charge in [0.15, 0.2) is 0 Å². The van der Waals surface area contributed by atoms with Crippen LogP contribution in [0.25, 0.3) is 5.69 Å². The first kappa shape index (κ1) is 12.0. The van der Waals surface area contributed by atoms with Crippen LogP contribution in [0.15, 0.2) is 60.9 Å². The molecule has 1 N–H and O–H groups in total. The topological polar surface area (TPSA) is 72.7 Å². The molecule has 2 aromatic carbocycles. The summed E-state index contributed by atoms with van der Waals surface area (Å²) in [7, 11) is 0. The quantitative estimate of drug-likeness (QED) is 0.785. The number of tetrazole rings is 1. The van der Waals surface area contributed by atoms with Crippen molar-refractivity contribution in [3.05, 3.63) is 66.5 Å². The summed E-state index contributed by atoms with van der Waals surface area (Å²) in [4.78, 5) is 12.1. The minimum absolute atomic E-state index is 0.153. The maximum Gasteiger partial charge on any atom is 0.255 e. The number of benzene rings is 2. The normalized spacial score (nSPS) is 10.2. The Balaban J connectivity index is 1.82. The predicted octanol–water partition coefficient (Wildman–Crippen LogP) is 1.91. The Labute approximate surface area is 115 Å². The van der Waals surface area contributed by atoms with E-state index in [1.54, 1.807) is 18.2 Å². The van der Waals surface area contributed by atoms with Crippen LogP contribution in [0.5, 0.6) is 0 Å². The van der Waals surface area contributed by atoms with Gasteiger partial charge in [-0.05, 0) is 40.8 Å². The maximum atomic E-state index is 12.1. The molecule has 0 bridgehead atoms. The second-order valence-electron chi connectivity index (χ2n) is 4.12. The Morgan fingerprint density at radius 3 is 2.65 bits per heavy atom. The summed E-state index contributed by atoms with van der Waals surface area (Å²) in [5.74, 6) is -0.153. The van der Waals surface area contributed by atoms with Crippen LogP contribution >= 0.6 is 0 Å². The van der Waals surface area contributed by atoms with Gasteiger partial charge in [0.05, 0.1) is 5.69 Å². The van der Waals surface area contributed by atoms with Crippen molar-refractivity contribution in [2.75, 3.05) is 5.32 Å². The molecule has 0 saturated carbocycles. The highest BCUT2D eigenvalue weighted by molar-refractivity contribution is 6.04. The number of hydrogen-bond acceptors (Lipinski definition) is 4. The molecule has 1 amide bonds. The molecule has 0 aliphatic rings. The average Bonchev–Trinajstić information content (AvgIpc) is 3.03. The van der Waals surface area contributed by atoms with Gasteiger partial charge in [-0.2, -0.15) is 0 Å². The fourth-order valence-corrected chi connectivity index (χ4v) is 1.80. The second kappa shape index (κ2) is 5.31. The van der Waals surface area contributed by atoms with Crippen molar-refractivity contribution in [3.8, 4) is 5.69 Å². The largest absolute Gasteiger partial charge is 0.322 e. The number of nitrogens with one attached hydrogen (secondary N) is 1. The monoisotopic (exact) mass is 265 g/mol. The summed E-state index contributed by atoms with van der Waals surface area (Å²) in [5.41, 5.74) is 2.08. The molecule has 20 heavy (non-hydrogen) atoms. The third-order valence-corrected chi connectivity index (χ3v) is 2.75. The van der Waals surface area contributed by atoms with Crippen LogP contribution in [-0.2, 0) is 0 Å². The Kier molecular flexibility index (Phi) is 3.20. The standard InChI is InChI=1S/C14H11N5O/c20-14(11-5-2-1-3-6-11)16-12-7-4-8-13(9-12)19-10-15-17-18-19/h1-10H,(H,16,20). The fourth-order valence-electron chi connectivity index (χ4n) is 1.80. The summed E-state index contributed by atoms with van der Waals surface area (Å²) >= 11 is 0. The Hall–Kier alpha value is -3.02. The molecule has 3 rings (SSSR count). The van der Waals surface area contributed by atoms with Gasteiger partial charge in [-0.25, -0.2) is 4.68 Å². The molecule has 0 atom stereocenters. The number of hydrogen-bond donors (Lipinski definition) is 1. The number of nitrogens with zero attached hydrogens (tertiary/aromatic N) is 4. The van der Waals surface area contributed by atoms with E-state index in [0.29, 0.717) is 11.3 Å². The first-order valence-corrected chi connectivity index (χ1v) is 6.03. The van der Waals surface area contributed by atoms with Crippen LogP contribution in [0.4, 0.5) is 5.69 Å². The lowest BCUT2D eigenvalue weighted by Gasteiger charge is -2.07. The van der Waals surface area contributed by atoms with Gasteiger partial charge in [0.1, 0.15) is 6.33 Å². The van der Waals surface area contributed by atoms with E-state index >= 15 is 0 Å². The minimum Gasteiger partial charge on any atom is -0.322 e. The highest BCUT2D eigenvalue weighted by Crippen LogP contribution is 2.14. The lowest BCUT2D eigenvalue weighted by Crippen LogP contribution is -2.11. The van der Waals surface area contributed by atoms with Crippen LogP contribution in [-0.4, -0.2) is 26.1 Å². The van der Waals surface area contributed by atoms with E-state index in [1.165, 1.54) is 11.0 Å². The van der Waals surface area contributed by atoms with Crippen LogP contribution in [0, 0.1) is 0 Å². The smallest absolute Gasteiger partial charge is 0.255 e. The van der Waals surface area contributed by atoms with Crippen molar-refractivity contribution in [1.29, 1.82) is 0 Å². The minimum atomic E-state index is -0.153. The third-order valence-electron chi connectivity index (χ3n) is 2.75. The molecule has 98 valence electrons. The highest BCUT2D eigenvalue weighted by atomic mass is 16.1. The second-order valence-corrected chi connectivity index (χ2v) is 4.12. The highest BCUT2D eigenvalue weighted by Gasteiger charge is 2.06. The van der Waals surface area contributed by atoms with Crippen molar-refractivity contribution in [2.24, 2.45) is 0 Å². The molecular weight excluding hydrogens is 254 g/mol. The van der Waals surface area contributed by atoms with E-state index in [2.05, 4.69) is 20.8 Å². The maximum absolute atomic E-state index is 12.1. The Bertz CT molecular complexity index is 709. The van der Waals surface area contributed by atoms with E-state index in [9.17, 15) is 4.79 Å². The van der Waals surface area contributed by atoms with Crippen molar-refractivity contribution in [2.45, 2.75) is 0 Å². The number of carbonyl (C=O) groups is 1. The van der Waals surface area contributed by atoms with E-state index in [1.807, 2.05) is 36.4 Å². The van der Waals surface area contributed by atoms with Gasteiger partial charge in [0.2, 0.25) is 0 Å². The molecule has 0 saturated heterocycles. The first-order valence-electron chi connectivity index (χ1n) is 6.03. The van der Waals surface area contributed by atoms with Crippen LogP contribution in [0.1, 0.15) is 10.4 Å². The van der Waals surface area contributed by atoms with E-state index < -0.39 is 0 Å². The number of rotatable bonds is 3. The number of carbonyl (C=O) groups excluding carboxylic acids is 1.